The molecule has 0 aliphatic heterocycles. The van der Waals surface area contributed by atoms with E-state index < -0.39 is 0 Å². The summed E-state index contributed by atoms with van der Waals surface area (Å²) in [5.74, 6) is 1.71. The maximum atomic E-state index is 6.28. The van der Waals surface area contributed by atoms with Gasteiger partial charge in [0.1, 0.15) is 5.82 Å². The van der Waals surface area contributed by atoms with Crippen LogP contribution in [0.3, 0.4) is 0 Å². The molecule has 4 nitrogen and oxygen atoms in total. The van der Waals surface area contributed by atoms with Crippen molar-refractivity contribution >= 4 is 11.8 Å². The first kappa shape index (κ1) is 16.0. The molecule has 0 saturated carbocycles. The second kappa shape index (κ2) is 6.20. The van der Waals surface area contributed by atoms with Gasteiger partial charge in [0, 0.05) is 18.8 Å². The van der Waals surface area contributed by atoms with Gasteiger partial charge in [0.05, 0.1) is 0 Å². The van der Waals surface area contributed by atoms with Crippen molar-refractivity contribution in [2.75, 3.05) is 5.75 Å². The molecule has 5 heteroatoms. The predicted octanol–water partition coefficient (Wildman–Crippen LogP) is 3.21. The first-order valence-corrected chi connectivity index (χ1v) is 8.12. The summed E-state index contributed by atoms with van der Waals surface area (Å²) in [5, 5.41) is 9.12. The number of thioether (sulfide) groups is 1. The van der Waals surface area contributed by atoms with E-state index in [2.05, 4.69) is 55.2 Å². The number of aryl methyl sites for hydroxylation is 1. The first-order chi connectivity index (χ1) is 9.79. The van der Waals surface area contributed by atoms with Crippen molar-refractivity contribution in [2.45, 2.75) is 44.3 Å². The van der Waals surface area contributed by atoms with E-state index in [9.17, 15) is 0 Å². The molecule has 114 valence electrons. The van der Waals surface area contributed by atoms with E-state index in [0.29, 0.717) is 0 Å². The molecule has 2 rings (SSSR count). The highest BCUT2D eigenvalue weighted by Gasteiger charge is 2.15. The van der Waals surface area contributed by atoms with E-state index in [1.165, 1.54) is 5.56 Å². The van der Waals surface area contributed by atoms with Crippen LogP contribution in [-0.2, 0) is 12.5 Å². The van der Waals surface area contributed by atoms with Crippen molar-refractivity contribution < 1.29 is 0 Å². The molecule has 0 radical (unpaired) electrons. The summed E-state index contributed by atoms with van der Waals surface area (Å²) in [7, 11) is 1.97. The zero-order valence-corrected chi connectivity index (χ0v) is 14.2. The van der Waals surface area contributed by atoms with Crippen LogP contribution in [-0.4, -0.2) is 20.5 Å². The number of rotatable bonds is 4. The van der Waals surface area contributed by atoms with Crippen LogP contribution in [0.1, 0.15) is 43.8 Å². The van der Waals surface area contributed by atoms with E-state index in [1.54, 1.807) is 11.8 Å². The Kier molecular flexibility index (Phi) is 4.74. The number of nitrogens with two attached hydrogens (primary N) is 1. The fraction of sp³-hybridized carbons (Fsp3) is 0.500. The maximum absolute atomic E-state index is 6.28. The largest absolute Gasteiger partial charge is 0.323 e. The summed E-state index contributed by atoms with van der Waals surface area (Å²) in [6.07, 6.45) is 0. The monoisotopic (exact) mass is 304 g/mol. The normalized spacial score (nSPS) is 13.4. The van der Waals surface area contributed by atoms with Crippen LogP contribution >= 0.6 is 11.8 Å². The molecule has 1 unspecified atom stereocenters. The molecule has 21 heavy (non-hydrogen) atoms. The number of nitrogens with zero attached hydrogens (tertiary/aromatic N) is 3. The first-order valence-electron chi connectivity index (χ1n) is 7.14. The third-order valence-corrected chi connectivity index (χ3v) is 4.79. The van der Waals surface area contributed by atoms with E-state index in [0.717, 1.165) is 22.3 Å². The fourth-order valence-corrected chi connectivity index (χ4v) is 2.95. The fourth-order valence-electron chi connectivity index (χ4n) is 2.00. The molecule has 1 heterocycles. The Morgan fingerprint density at radius 2 is 1.81 bits per heavy atom. The molecule has 0 fully saturated rings. The van der Waals surface area contributed by atoms with Crippen LogP contribution < -0.4 is 5.73 Å². The van der Waals surface area contributed by atoms with Crippen molar-refractivity contribution in [2.24, 2.45) is 12.8 Å². The predicted molar refractivity (Wildman–Crippen MR) is 88.5 cm³/mol. The Morgan fingerprint density at radius 3 is 2.29 bits per heavy atom. The van der Waals surface area contributed by atoms with Gasteiger partial charge in [-0.1, -0.05) is 56.8 Å². The van der Waals surface area contributed by atoms with E-state index in [1.807, 2.05) is 18.5 Å². The summed E-state index contributed by atoms with van der Waals surface area (Å²) in [4.78, 5) is 0. The van der Waals surface area contributed by atoms with Crippen molar-refractivity contribution in [3.63, 3.8) is 0 Å². The van der Waals surface area contributed by atoms with Gasteiger partial charge >= 0.3 is 0 Å². The molecular formula is C16H24N4S. The van der Waals surface area contributed by atoms with Crippen molar-refractivity contribution in [1.82, 2.24) is 14.8 Å². The number of hydrogen-bond donors (Lipinski definition) is 1. The minimum Gasteiger partial charge on any atom is -0.323 e. The van der Waals surface area contributed by atoms with Gasteiger partial charge < -0.3 is 10.3 Å². The standard InChI is InChI=1S/C16H24N4S/c1-11-18-19-15(20(11)5)21-10-14(17)12-6-8-13(9-7-12)16(2,3)4/h6-9,14H,10,17H2,1-5H3. The van der Waals surface area contributed by atoms with E-state index >= 15 is 0 Å². The average Bonchev–Trinajstić information content (AvgIpc) is 2.75. The minimum absolute atomic E-state index is 0.000949. The highest BCUT2D eigenvalue weighted by molar-refractivity contribution is 7.99. The summed E-state index contributed by atoms with van der Waals surface area (Å²) in [6.45, 7) is 8.60. The SMILES string of the molecule is Cc1nnc(SCC(N)c2ccc(C(C)(C)C)cc2)n1C. The third-order valence-electron chi connectivity index (χ3n) is 3.65. The van der Waals surface area contributed by atoms with Gasteiger partial charge in [-0.15, -0.1) is 10.2 Å². The Labute approximate surface area is 131 Å². The van der Waals surface area contributed by atoms with Crippen LogP contribution in [0.25, 0.3) is 0 Å². The smallest absolute Gasteiger partial charge is 0.191 e. The second-order valence-electron chi connectivity index (χ2n) is 6.38. The molecule has 1 aromatic heterocycles. The molecule has 0 aliphatic carbocycles. The summed E-state index contributed by atoms with van der Waals surface area (Å²) < 4.78 is 1.99. The van der Waals surface area contributed by atoms with Gasteiger partial charge in [0.25, 0.3) is 0 Å². The lowest BCUT2D eigenvalue weighted by atomic mass is 9.86. The van der Waals surface area contributed by atoms with Crippen LogP contribution in [0, 0.1) is 6.92 Å². The zero-order valence-electron chi connectivity index (χ0n) is 13.4. The molecular weight excluding hydrogens is 280 g/mol. The Bertz CT molecular complexity index is 596. The number of aromatic nitrogens is 3. The van der Waals surface area contributed by atoms with E-state index in [-0.39, 0.29) is 11.5 Å². The second-order valence-corrected chi connectivity index (χ2v) is 7.37. The zero-order chi connectivity index (χ0) is 15.6. The highest BCUT2D eigenvalue weighted by Crippen LogP contribution is 2.26. The van der Waals surface area contributed by atoms with Crippen LogP contribution in [0.2, 0.25) is 0 Å². The van der Waals surface area contributed by atoms with Gasteiger partial charge in [0.2, 0.25) is 0 Å². The molecule has 2 N–H and O–H groups in total. The molecule has 2 aromatic rings. The molecule has 0 saturated heterocycles. The third kappa shape index (κ3) is 3.86. The lowest BCUT2D eigenvalue weighted by Crippen LogP contribution is -2.15. The summed E-state index contributed by atoms with van der Waals surface area (Å²) >= 11 is 1.64. The quantitative estimate of drug-likeness (QED) is 0.881. The van der Waals surface area contributed by atoms with Gasteiger partial charge in [-0.2, -0.15) is 0 Å². The molecule has 1 aromatic carbocycles. The molecule has 1 atom stereocenters. The topological polar surface area (TPSA) is 56.7 Å². The highest BCUT2D eigenvalue weighted by atomic mass is 32.2. The summed E-state index contributed by atoms with van der Waals surface area (Å²) in [5.41, 5.74) is 8.94. The number of benzene rings is 1. The van der Waals surface area contributed by atoms with E-state index in [4.69, 9.17) is 5.73 Å². The van der Waals surface area contributed by atoms with Gasteiger partial charge in [-0.25, -0.2) is 0 Å². The average molecular weight is 304 g/mol. The van der Waals surface area contributed by atoms with Crippen molar-refractivity contribution in [1.29, 1.82) is 0 Å². The molecule has 0 spiro atoms. The molecule has 0 bridgehead atoms. The van der Waals surface area contributed by atoms with Gasteiger partial charge in [-0.05, 0) is 23.5 Å². The van der Waals surface area contributed by atoms with Crippen molar-refractivity contribution in [3.05, 3.63) is 41.2 Å². The van der Waals surface area contributed by atoms with Crippen molar-refractivity contribution in [3.8, 4) is 0 Å². The molecule has 0 aliphatic rings. The lowest BCUT2D eigenvalue weighted by molar-refractivity contribution is 0.589. The van der Waals surface area contributed by atoms with Crippen LogP contribution in [0.5, 0.6) is 0 Å². The maximum Gasteiger partial charge on any atom is 0.191 e. The Morgan fingerprint density at radius 1 is 1.19 bits per heavy atom. The molecule has 0 amide bonds. The lowest BCUT2D eigenvalue weighted by Gasteiger charge is -2.20. The Balaban J connectivity index is 2.00. The van der Waals surface area contributed by atoms with Gasteiger partial charge in [-0.3, -0.25) is 0 Å². The van der Waals surface area contributed by atoms with Crippen LogP contribution in [0.4, 0.5) is 0 Å². The van der Waals surface area contributed by atoms with Gasteiger partial charge in [0.15, 0.2) is 5.16 Å². The minimum atomic E-state index is 0.000949. The Hall–Kier alpha value is -1.33. The number of hydrogen-bond acceptors (Lipinski definition) is 4. The summed E-state index contributed by atoms with van der Waals surface area (Å²) in [6, 6.07) is 8.61. The van der Waals surface area contributed by atoms with Crippen LogP contribution in [0.15, 0.2) is 29.4 Å².